The number of benzene rings is 1. The van der Waals surface area contributed by atoms with Crippen molar-refractivity contribution in [3.8, 4) is 5.75 Å². The monoisotopic (exact) mass is 256 g/mol. The first-order valence-corrected chi connectivity index (χ1v) is 5.51. The number of ether oxygens (including phenoxy) is 1. The van der Waals surface area contributed by atoms with Gasteiger partial charge in [0.25, 0.3) is 0 Å². The van der Waals surface area contributed by atoms with Crippen molar-refractivity contribution in [2.75, 3.05) is 25.1 Å². The molecule has 0 spiro atoms. The molecule has 0 heterocycles. The van der Waals surface area contributed by atoms with Crippen LogP contribution in [0.4, 0.5) is 11.4 Å². The standard InChI is InChI=1S/C11H16N2O5/c1-2-18-11-5-8(12-9(6-14)7-15)3-4-10(11)13(16)17/h3-5,9,12,14-15H,2,6-7H2,1H3. The minimum atomic E-state index is -0.523. The fraction of sp³-hybridized carbons (Fsp3) is 0.455. The van der Waals surface area contributed by atoms with E-state index in [0.29, 0.717) is 12.3 Å². The number of anilines is 1. The third-order valence-corrected chi connectivity index (χ3v) is 2.27. The van der Waals surface area contributed by atoms with Gasteiger partial charge >= 0.3 is 5.69 Å². The largest absolute Gasteiger partial charge is 0.487 e. The van der Waals surface area contributed by atoms with Crippen molar-refractivity contribution in [1.29, 1.82) is 0 Å². The number of nitrogens with one attached hydrogen (secondary N) is 1. The average Bonchev–Trinajstić information content (AvgIpc) is 2.36. The zero-order chi connectivity index (χ0) is 13.5. The topological polar surface area (TPSA) is 105 Å². The van der Waals surface area contributed by atoms with Crippen molar-refractivity contribution in [3.05, 3.63) is 28.3 Å². The second-order valence-electron chi connectivity index (χ2n) is 3.58. The van der Waals surface area contributed by atoms with Crippen molar-refractivity contribution < 1.29 is 19.9 Å². The predicted molar refractivity (Wildman–Crippen MR) is 65.8 cm³/mol. The molecule has 0 unspecified atom stereocenters. The highest BCUT2D eigenvalue weighted by atomic mass is 16.6. The molecule has 100 valence electrons. The number of hydrogen-bond donors (Lipinski definition) is 3. The van der Waals surface area contributed by atoms with E-state index in [9.17, 15) is 10.1 Å². The molecule has 1 aromatic carbocycles. The Labute approximate surface area is 104 Å². The fourth-order valence-corrected chi connectivity index (χ4v) is 1.41. The molecular formula is C11H16N2O5. The van der Waals surface area contributed by atoms with Crippen molar-refractivity contribution >= 4 is 11.4 Å². The number of nitro groups is 1. The molecular weight excluding hydrogens is 240 g/mol. The molecule has 0 saturated heterocycles. The number of nitrogens with zero attached hydrogens (tertiary/aromatic N) is 1. The quantitative estimate of drug-likeness (QED) is 0.491. The van der Waals surface area contributed by atoms with E-state index in [1.807, 2.05) is 0 Å². The van der Waals surface area contributed by atoms with E-state index in [4.69, 9.17) is 14.9 Å². The van der Waals surface area contributed by atoms with Crippen LogP contribution in [-0.2, 0) is 0 Å². The van der Waals surface area contributed by atoms with E-state index in [2.05, 4.69) is 5.32 Å². The van der Waals surface area contributed by atoms with Crippen LogP contribution in [0.3, 0.4) is 0 Å². The zero-order valence-electron chi connectivity index (χ0n) is 10.00. The molecule has 0 fully saturated rings. The number of aliphatic hydroxyl groups is 2. The molecule has 0 aliphatic heterocycles. The summed E-state index contributed by atoms with van der Waals surface area (Å²) in [5.41, 5.74) is 0.420. The van der Waals surface area contributed by atoms with E-state index < -0.39 is 11.0 Å². The van der Waals surface area contributed by atoms with Crippen molar-refractivity contribution in [2.24, 2.45) is 0 Å². The molecule has 0 radical (unpaired) electrons. The second-order valence-corrected chi connectivity index (χ2v) is 3.58. The van der Waals surface area contributed by atoms with Crippen LogP contribution in [-0.4, -0.2) is 41.0 Å². The molecule has 7 heteroatoms. The Kier molecular flexibility index (Phi) is 5.34. The summed E-state index contributed by atoms with van der Waals surface area (Å²) >= 11 is 0. The molecule has 0 aliphatic rings. The van der Waals surface area contributed by atoms with Crippen LogP contribution in [0.5, 0.6) is 5.75 Å². The van der Waals surface area contributed by atoms with Gasteiger partial charge in [0.15, 0.2) is 5.75 Å². The number of nitro benzene ring substituents is 1. The highest BCUT2D eigenvalue weighted by Gasteiger charge is 2.16. The molecule has 0 bridgehead atoms. The van der Waals surface area contributed by atoms with Gasteiger partial charge in [0.1, 0.15) is 0 Å². The first kappa shape index (κ1) is 14.2. The molecule has 1 aromatic rings. The Hall–Kier alpha value is -1.86. The Bertz CT molecular complexity index is 406. The highest BCUT2D eigenvalue weighted by molar-refractivity contribution is 5.58. The van der Waals surface area contributed by atoms with Crippen LogP contribution in [0.15, 0.2) is 18.2 Å². The van der Waals surface area contributed by atoms with Crippen LogP contribution in [0.2, 0.25) is 0 Å². The van der Waals surface area contributed by atoms with Crippen LogP contribution in [0, 0.1) is 10.1 Å². The molecule has 0 atom stereocenters. The smallest absolute Gasteiger partial charge is 0.311 e. The van der Waals surface area contributed by atoms with Gasteiger partial charge in [-0.15, -0.1) is 0 Å². The van der Waals surface area contributed by atoms with Crippen LogP contribution in [0.25, 0.3) is 0 Å². The lowest BCUT2D eigenvalue weighted by Crippen LogP contribution is -2.27. The lowest BCUT2D eigenvalue weighted by atomic mass is 10.2. The van der Waals surface area contributed by atoms with Gasteiger partial charge in [0.2, 0.25) is 0 Å². The lowest BCUT2D eigenvalue weighted by Gasteiger charge is -2.15. The van der Waals surface area contributed by atoms with Gasteiger partial charge in [-0.3, -0.25) is 10.1 Å². The Morgan fingerprint density at radius 2 is 2.11 bits per heavy atom. The maximum Gasteiger partial charge on any atom is 0.311 e. The van der Waals surface area contributed by atoms with Crippen LogP contribution >= 0.6 is 0 Å². The molecule has 18 heavy (non-hydrogen) atoms. The van der Waals surface area contributed by atoms with E-state index in [1.54, 1.807) is 6.92 Å². The summed E-state index contributed by atoms with van der Waals surface area (Å²) in [5, 5.41) is 31.5. The normalized spacial score (nSPS) is 10.4. The summed E-state index contributed by atoms with van der Waals surface area (Å²) in [5.74, 6) is 0.155. The summed E-state index contributed by atoms with van der Waals surface area (Å²) in [6.45, 7) is 1.57. The minimum absolute atomic E-state index is 0.119. The van der Waals surface area contributed by atoms with Gasteiger partial charge in [-0.25, -0.2) is 0 Å². The van der Waals surface area contributed by atoms with Gasteiger partial charge in [0, 0.05) is 17.8 Å². The zero-order valence-corrected chi connectivity index (χ0v) is 10.00. The molecule has 0 amide bonds. The first-order chi connectivity index (χ1) is 8.62. The summed E-state index contributed by atoms with van der Waals surface area (Å²) in [6, 6.07) is 3.78. The lowest BCUT2D eigenvalue weighted by molar-refractivity contribution is -0.385. The molecule has 1 rings (SSSR count). The molecule has 0 saturated carbocycles. The molecule has 3 N–H and O–H groups in total. The maximum absolute atomic E-state index is 10.8. The molecule has 7 nitrogen and oxygen atoms in total. The Morgan fingerprint density at radius 3 is 2.61 bits per heavy atom. The van der Waals surface area contributed by atoms with Gasteiger partial charge in [-0.05, 0) is 13.0 Å². The SMILES string of the molecule is CCOc1cc(NC(CO)CO)ccc1[N+](=O)[O-]. The molecule has 0 aromatic heterocycles. The summed E-state index contributed by atoms with van der Waals surface area (Å²) in [4.78, 5) is 10.2. The van der Waals surface area contributed by atoms with Gasteiger partial charge in [-0.1, -0.05) is 0 Å². The summed E-state index contributed by atoms with van der Waals surface area (Å²) < 4.78 is 5.18. The summed E-state index contributed by atoms with van der Waals surface area (Å²) in [7, 11) is 0. The Morgan fingerprint density at radius 1 is 1.44 bits per heavy atom. The van der Waals surface area contributed by atoms with E-state index >= 15 is 0 Å². The van der Waals surface area contributed by atoms with Crippen molar-refractivity contribution in [1.82, 2.24) is 0 Å². The van der Waals surface area contributed by atoms with Crippen molar-refractivity contribution in [2.45, 2.75) is 13.0 Å². The fourth-order valence-electron chi connectivity index (χ4n) is 1.41. The number of aliphatic hydroxyl groups excluding tert-OH is 2. The Balaban J connectivity index is 2.95. The van der Waals surface area contributed by atoms with E-state index in [1.165, 1.54) is 18.2 Å². The van der Waals surface area contributed by atoms with E-state index in [0.717, 1.165) is 0 Å². The van der Waals surface area contributed by atoms with Gasteiger partial charge in [0.05, 0.1) is 30.8 Å². The van der Waals surface area contributed by atoms with Crippen molar-refractivity contribution in [3.63, 3.8) is 0 Å². The van der Waals surface area contributed by atoms with Crippen LogP contribution < -0.4 is 10.1 Å². The third kappa shape index (κ3) is 3.57. The third-order valence-electron chi connectivity index (χ3n) is 2.27. The average molecular weight is 256 g/mol. The first-order valence-electron chi connectivity index (χ1n) is 5.51. The van der Waals surface area contributed by atoms with Gasteiger partial charge in [-0.2, -0.15) is 0 Å². The van der Waals surface area contributed by atoms with Crippen LogP contribution in [0.1, 0.15) is 6.92 Å². The number of rotatable bonds is 7. The number of hydrogen-bond acceptors (Lipinski definition) is 6. The molecule has 0 aliphatic carbocycles. The van der Waals surface area contributed by atoms with Gasteiger partial charge < -0.3 is 20.3 Å². The second kappa shape index (κ2) is 6.77. The minimum Gasteiger partial charge on any atom is -0.487 e. The maximum atomic E-state index is 10.8. The van der Waals surface area contributed by atoms with E-state index in [-0.39, 0.29) is 24.7 Å². The highest BCUT2D eigenvalue weighted by Crippen LogP contribution is 2.30. The summed E-state index contributed by atoms with van der Waals surface area (Å²) in [6.07, 6.45) is 0. The predicted octanol–water partition coefficient (Wildman–Crippen LogP) is 0.759.